The van der Waals surface area contributed by atoms with Crippen molar-refractivity contribution < 1.29 is 19.4 Å². The van der Waals surface area contributed by atoms with Crippen molar-refractivity contribution in [3.05, 3.63) is 29.8 Å². The number of Topliss-reactive ketones (excluding diaryl/α,β-unsaturated/α-hetero) is 1. The molecule has 0 saturated carbocycles. The lowest BCUT2D eigenvalue weighted by Crippen LogP contribution is -2.18. The van der Waals surface area contributed by atoms with Gasteiger partial charge in [0.2, 0.25) is 0 Å². The molecule has 1 unspecified atom stereocenters. The Morgan fingerprint density at radius 2 is 2.00 bits per heavy atom. The molecule has 4 heteroatoms. The van der Waals surface area contributed by atoms with E-state index in [1.165, 1.54) is 0 Å². The lowest BCUT2D eigenvalue weighted by Gasteiger charge is -2.10. The highest BCUT2D eigenvalue weighted by Crippen LogP contribution is 2.12. The second-order valence-electron chi connectivity index (χ2n) is 4.20. The molecule has 0 spiro atoms. The van der Waals surface area contributed by atoms with Gasteiger partial charge < -0.3 is 14.6 Å². The first-order chi connectivity index (χ1) is 8.67. The van der Waals surface area contributed by atoms with E-state index >= 15 is 0 Å². The molecule has 0 bridgehead atoms. The Morgan fingerprint density at radius 1 is 1.33 bits per heavy atom. The Labute approximate surface area is 108 Å². The van der Waals surface area contributed by atoms with Crippen LogP contribution in [0.15, 0.2) is 24.3 Å². The maximum absolute atomic E-state index is 11.4. The number of hydrogen-bond acceptors (Lipinski definition) is 4. The van der Waals surface area contributed by atoms with Gasteiger partial charge in [0.25, 0.3) is 0 Å². The molecule has 0 aliphatic heterocycles. The number of carbonyl (C=O) groups excluding carboxylic acids is 1. The summed E-state index contributed by atoms with van der Waals surface area (Å²) in [7, 11) is 1.62. The second-order valence-corrected chi connectivity index (χ2v) is 4.20. The van der Waals surface area contributed by atoms with Gasteiger partial charge in [-0.2, -0.15) is 0 Å². The summed E-state index contributed by atoms with van der Waals surface area (Å²) in [5.41, 5.74) is 1.04. The Morgan fingerprint density at radius 3 is 2.56 bits per heavy atom. The molecule has 100 valence electrons. The number of aliphatic hydroxyl groups excluding tert-OH is 1. The highest BCUT2D eigenvalue weighted by atomic mass is 16.5. The minimum absolute atomic E-state index is 0.0345. The highest BCUT2D eigenvalue weighted by molar-refractivity contribution is 5.80. The predicted molar refractivity (Wildman–Crippen MR) is 68.5 cm³/mol. The zero-order valence-corrected chi connectivity index (χ0v) is 10.9. The summed E-state index contributed by atoms with van der Waals surface area (Å²) in [5.74, 6) is 0.674. The van der Waals surface area contributed by atoms with Crippen molar-refractivity contribution >= 4 is 5.78 Å². The molecular weight excluding hydrogens is 232 g/mol. The molecule has 1 N–H and O–H groups in total. The summed E-state index contributed by atoms with van der Waals surface area (Å²) in [4.78, 5) is 11.4. The van der Waals surface area contributed by atoms with Crippen molar-refractivity contribution in [3.63, 3.8) is 0 Å². The van der Waals surface area contributed by atoms with Gasteiger partial charge in [-0.25, -0.2) is 0 Å². The molecule has 0 aliphatic carbocycles. The smallest absolute Gasteiger partial charge is 0.140 e. The Kier molecular flexibility index (Phi) is 6.39. The van der Waals surface area contributed by atoms with Crippen LogP contribution in [0.25, 0.3) is 0 Å². The first-order valence-electron chi connectivity index (χ1n) is 6.01. The number of aliphatic hydroxyl groups is 1. The van der Waals surface area contributed by atoms with Gasteiger partial charge in [-0.05, 0) is 17.7 Å². The second kappa shape index (κ2) is 7.84. The van der Waals surface area contributed by atoms with Gasteiger partial charge in [0, 0.05) is 18.9 Å². The third-order valence-corrected chi connectivity index (χ3v) is 2.70. The Hall–Kier alpha value is -1.39. The van der Waals surface area contributed by atoms with E-state index in [2.05, 4.69) is 0 Å². The molecular formula is C14H20O4. The highest BCUT2D eigenvalue weighted by Gasteiger charge is 2.12. The van der Waals surface area contributed by atoms with Gasteiger partial charge in [0.1, 0.15) is 11.5 Å². The average molecular weight is 252 g/mol. The molecule has 1 aromatic carbocycles. The number of rotatable bonds is 8. The molecule has 0 aromatic heterocycles. The fourth-order valence-electron chi connectivity index (χ4n) is 1.52. The van der Waals surface area contributed by atoms with Crippen molar-refractivity contribution in [2.24, 2.45) is 5.92 Å². The third kappa shape index (κ3) is 4.85. The zero-order chi connectivity index (χ0) is 13.4. The normalized spacial score (nSPS) is 12.2. The van der Waals surface area contributed by atoms with E-state index in [1.807, 2.05) is 31.2 Å². The van der Waals surface area contributed by atoms with Gasteiger partial charge in [-0.3, -0.25) is 4.79 Å². The Balaban J connectivity index is 2.30. The van der Waals surface area contributed by atoms with Gasteiger partial charge in [0.15, 0.2) is 0 Å². The molecule has 1 atom stereocenters. The fourth-order valence-corrected chi connectivity index (χ4v) is 1.52. The van der Waals surface area contributed by atoms with Crippen LogP contribution in [0.1, 0.15) is 18.9 Å². The fraction of sp³-hybridized carbons (Fsp3) is 0.500. The average Bonchev–Trinajstić information content (AvgIpc) is 2.39. The monoisotopic (exact) mass is 252 g/mol. The van der Waals surface area contributed by atoms with Crippen molar-refractivity contribution in [1.29, 1.82) is 0 Å². The summed E-state index contributed by atoms with van der Waals surface area (Å²) in [6.07, 6.45) is 0.201. The minimum Gasteiger partial charge on any atom is -0.497 e. The quantitative estimate of drug-likeness (QED) is 0.766. The molecule has 0 aliphatic rings. The van der Waals surface area contributed by atoms with E-state index in [0.717, 1.165) is 11.3 Å². The summed E-state index contributed by atoms with van der Waals surface area (Å²) >= 11 is 0. The van der Waals surface area contributed by atoms with Gasteiger partial charge >= 0.3 is 0 Å². The van der Waals surface area contributed by atoms with E-state index in [0.29, 0.717) is 13.2 Å². The van der Waals surface area contributed by atoms with Crippen molar-refractivity contribution in [2.45, 2.75) is 20.0 Å². The van der Waals surface area contributed by atoms with Crippen LogP contribution >= 0.6 is 0 Å². The van der Waals surface area contributed by atoms with Crippen molar-refractivity contribution in [2.75, 3.05) is 20.3 Å². The van der Waals surface area contributed by atoms with Crippen LogP contribution in [0.3, 0.4) is 0 Å². The van der Waals surface area contributed by atoms with Crippen LogP contribution < -0.4 is 4.74 Å². The largest absolute Gasteiger partial charge is 0.497 e. The van der Waals surface area contributed by atoms with Crippen LogP contribution in [-0.2, 0) is 16.1 Å². The molecule has 0 fully saturated rings. The molecule has 18 heavy (non-hydrogen) atoms. The van der Waals surface area contributed by atoms with Crippen LogP contribution in [0, 0.1) is 5.92 Å². The number of benzene rings is 1. The molecule has 0 heterocycles. The molecule has 0 amide bonds. The molecule has 0 radical (unpaired) electrons. The Bertz CT molecular complexity index is 359. The number of methoxy groups -OCH3 is 1. The number of carbonyl (C=O) groups is 1. The van der Waals surface area contributed by atoms with Gasteiger partial charge in [-0.1, -0.05) is 19.1 Å². The maximum atomic E-state index is 11.4. The summed E-state index contributed by atoms with van der Waals surface area (Å²) in [5, 5.41) is 8.66. The SMILES string of the molecule is COc1ccc(COCC(C)C(=O)CCO)cc1. The van der Waals surface area contributed by atoms with Gasteiger partial charge in [0.05, 0.1) is 20.3 Å². The number of hydrogen-bond donors (Lipinski definition) is 1. The molecule has 4 nitrogen and oxygen atoms in total. The van der Waals surface area contributed by atoms with E-state index in [4.69, 9.17) is 14.6 Å². The summed E-state index contributed by atoms with van der Waals surface area (Å²) in [6, 6.07) is 7.61. The number of ketones is 1. The molecule has 0 saturated heterocycles. The van der Waals surface area contributed by atoms with E-state index in [9.17, 15) is 4.79 Å². The molecule has 1 rings (SSSR count). The summed E-state index contributed by atoms with van der Waals surface area (Å²) < 4.78 is 10.5. The maximum Gasteiger partial charge on any atom is 0.140 e. The van der Waals surface area contributed by atoms with Crippen molar-refractivity contribution in [1.82, 2.24) is 0 Å². The predicted octanol–water partition coefficient (Wildman–Crippen LogP) is 1.80. The van der Waals surface area contributed by atoms with Crippen LogP contribution in [0.2, 0.25) is 0 Å². The zero-order valence-electron chi connectivity index (χ0n) is 10.9. The van der Waals surface area contributed by atoms with E-state index in [1.54, 1.807) is 7.11 Å². The first kappa shape index (κ1) is 14.7. The van der Waals surface area contributed by atoms with Crippen LogP contribution in [0.5, 0.6) is 5.75 Å². The van der Waals surface area contributed by atoms with E-state index in [-0.39, 0.29) is 24.7 Å². The summed E-state index contributed by atoms with van der Waals surface area (Å²) in [6.45, 7) is 2.57. The lowest BCUT2D eigenvalue weighted by molar-refractivity contribution is -0.125. The van der Waals surface area contributed by atoms with E-state index < -0.39 is 0 Å². The third-order valence-electron chi connectivity index (χ3n) is 2.70. The first-order valence-corrected chi connectivity index (χ1v) is 6.01. The van der Waals surface area contributed by atoms with Crippen molar-refractivity contribution in [3.8, 4) is 5.75 Å². The topological polar surface area (TPSA) is 55.8 Å². The lowest BCUT2D eigenvalue weighted by atomic mass is 10.1. The standard InChI is InChI=1S/C14H20O4/c1-11(14(16)7-8-15)9-18-10-12-3-5-13(17-2)6-4-12/h3-6,11,15H,7-10H2,1-2H3. The van der Waals surface area contributed by atoms with Crippen LogP contribution in [0.4, 0.5) is 0 Å². The molecule has 1 aromatic rings. The number of ether oxygens (including phenoxy) is 2. The van der Waals surface area contributed by atoms with Gasteiger partial charge in [-0.15, -0.1) is 0 Å². The van der Waals surface area contributed by atoms with Crippen LogP contribution in [-0.4, -0.2) is 31.2 Å². The minimum atomic E-state index is -0.171.